The van der Waals surface area contributed by atoms with Gasteiger partial charge in [-0.1, -0.05) is 35.9 Å². The quantitative estimate of drug-likeness (QED) is 0.881. The number of hydrogen-bond acceptors (Lipinski definition) is 3. The average molecular weight is 333 g/mol. The fourth-order valence-electron chi connectivity index (χ4n) is 2.36. The Balaban J connectivity index is 2.52. The maximum atomic E-state index is 13.0. The molecule has 0 amide bonds. The minimum Gasteiger partial charge on any atom is -0.481 e. The van der Waals surface area contributed by atoms with E-state index in [-0.39, 0.29) is 11.3 Å². The van der Waals surface area contributed by atoms with Crippen LogP contribution in [0.3, 0.4) is 0 Å². The first-order chi connectivity index (χ1) is 10.8. The highest BCUT2D eigenvalue weighted by molar-refractivity contribution is 7.92. The van der Waals surface area contributed by atoms with Crippen molar-refractivity contribution in [2.45, 2.75) is 31.2 Å². The van der Waals surface area contributed by atoms with E-state index in [9.17, 15) is 13.2 Å². The fraction of sp³-hybridized carbons (Fsp3) is 0.235. The molecule has 0 aliphatic rings. The van der Waals surface area contributed by atoms with Gasteiger partial charge < -0.3 is 5.11 Å². The second-order valence-electron chi connectivity index (χ2n) is 5.40. The Bertz CT molecular complexity index is 770. The number of aryl methyl sites for hydroxylation is 1. The van der Waals surface area contributed by atoms with Gasteiger partial charge in [0, 0.05) is 0 Å². The number of carboxylic acids is 1. The molecule has 0 saturated heterocycles. The number of benzene rings is 2. The minimum atomic E-state index is -3.85. The van der Waals surface area contributed by atoms with Crippen molar-refractivity contribution in [3.8, 4) is 0 Å². The van der Waals surface area contributed by atoms with Crippen molar-refractivity contribution >= 4 is 21.7 Å². The molecule has 0 radical (unpaired) electrons. The van der Waals surface area contributed by atoms with Gasteiger partial charge in [0.05, 0.1) is 23.0 Å². The van der Waals surface area contributed by atoms with Crippen LogP contribution >= 0.6 is 0 Å². The lowest BCUT2D eigenvalue weighted by molar-refractivity contribution is -0.137. The molecule has 122 valence electrons. The molecule has 2 aromatic carbocycles. The lowest BCUT2D eigenvalue weighted by Gasteiger charge is -2.29. The highest BCUT2D eigenvalue weighted by Gasteiger charge is 2.30. The Morgan fingerprint density at radius 3 is 2.17 bits per heavy atom. The highest BCUT2D eigenvalue weighted by Crippen LogP contribution is 2.27. The molecule has 0 spiro atoms. The molecule has 23 heavy (non-hydrogen) atoms. The van der Waals surface area contributed by atoms with Crippen molar-refractivity contribution < 1.29 is 18.3 Å². The van der Waals surface area contributed by atoms with E-state index in [1.54, 1.807) is 49.4 Å². The lowest BCUT2D eigenvalue weighted by atomic mass is 10.2. The Hall–Kier alpha value is -2.34. The number of para-hydroxylation sites is 1. The maximum Gasteiger partial charge on any atom is 0.305 e. The zero-order chi connectivity index (χ0) is 17.0. The first kappa shape index (κ1) is 17.0. The van der Waals surface area contributed by atoms with Crippen LogP contribution in [-0.2, 0) is 14.8 Å². The Morgan fingerprint density at radius 1 is 1.09 bits per heavy atom. The molecule has 0 aromatic heterocycles. The monoisotopic (exact) mass is 333 g/mol. The van der Waals surface area contributed by atoms with E-state index in [0.717, 1.165) is 5.56 Å². The Morgan fingerprint density at radius 2 is 1.65 bits per heavy atom. The molecular weight excluding hydrogens is 314 g/mol. The molecule has 2 rings (SSSR count). The van der Waals surface area contributed by atoms with Gasteiger partial charge >= 0.3 is 5.97 Å². The predicted octanol–water partition coefficient (Wildman–Crippen LogP) is 3.05. The number of anilines is 1. The summed E-state index contributed by atoms with van der Waals surface area (Å²) in [4.78, 5) is 11.2. The number of carbonyl (C=O) groups is 1. The fourth-order valence-corrected chi connectivity index (χ4v) is 4.02. The van der Waals surface area contributed by atoms with Crippen molar-refractivity contribution in [3.63, 3.8) is 0 Å². The number of aliphatic carboxylic acids is 1. The molecule has 0 aliphatic heterocycles. The van der Waals surface area contributed by atoms with Crippen LogP contribution in [-0.4, -0.2) is 25.5 Å². The van der Waals surface area contributed by atoms with Crippen LogP contribution in [0.2, 0.25) is 0 Å². The third-order valence-electron chi connectivity index (χ3n) is 3.46. The van der Waals surface area contributed by atoms with Crippen LogP contribution in [0.4, 0.5) is 5.69 Å². The van der Waals surface area contributed by atoms with Crippen LogP contribution < -0.4 is 4.31 Å². The highest BCUT2D eigenvalue weighted by atomic mass is 32.2. The predicted molar refractivity (Wildman–Crippen MR) is 89.0 cm³/mol. The summed E-state index contributed by atoms with van der Waals surface area (Å²) in [6, 6.07) is 14.3. The largest absolute Gasteiger partial charge is 0.481 e. The van der Waals surface area contributed by atoms with Gasteiger partial charge in [0.15, 0.2) is 0 Å². The van der Waals surface area contributed by atoms with E-state index < -0.39 is 22.0 Å². The first-order valence-electron chi connectivity index (χ1n) is 7.20. The molecule has 0 bridgehead atoms. The van der Waals surface area contributed by atoms with Crippen molar-refractivity contribution in [3.05, 3.63) is 60.2 Å². The van der Waals surface area contributed by atoms with Crippen LogP contribution in [0.5, 0.6) is 0 Å². The van der Waals surface area contributed by atoms with Gasteiger partial charge in [0.1, 0.15) is 0 Å². The number of carboxylic acid groups (broad SMARTS) is 1. The SMILES string of the molecule is Cc1ccc(S(=O)(=O)N(c2ccccc2)[C@H](C)CC(=O)O)cc1. The normalized spacial score (nSPS) is 12.6. The third kappa shape index (κ3) is 3.90. The molecule has 0 unspecified atom stereocenters. The van der Waals surface area contributed by atoms with Gasteiger partial charge in [-0.3, -0.25) is 9.10 Å². The van der Waals surface area contributed by atoms with Crippen molar-refractivity contribution in [2.75, 3.05) is 4.31 Å². The molecule has 5 nitrogen and oxygen atoms in total. The van der Waals surface area contributed by atoms with Gasteiger partial charge in [-0.25, -0.2) is 8.42 Å². The summed E-state index contributed by atoms with van der Waals surface area (Å²) < 4.78 is 27.2. The van der Waals surface area contributed by atoms with Crippen molar-refractivity contribution in [1.29, 1.82) is 0 Å². The van der Waals surface area contributed by atoms with Crippen molar-refractivity contribution in [2.24, 2.45) is 0 Å². The molecular formula is C17H19NO4S. The van der Waals surface area contributed by atoms with E-state index in [2.05, 4.69) is 0 Å². The maximum absolute atomic E-state index is 13.0. The van der Waals surface area contributed by atoms with Gasteiger partial charge in [0.2, 0.25) is 0 Å². The van der Waals surface area contributed by atoms with E-state index in [0.29, 0.717) is 5.69 Å². The second kappa shape index (κ2) is 6.83. The summed E-state index contributed by atoms with van der Waals surface area (Å²) in [5.74, 6) is -1.04. The number of hydrogen-bond donors (Lipinski definition) is 1. The molecule has 0 aliphatic carbocycles. The van der Waals surface area contributed by atoms with Gasteiger partial charge in [0.25, 0.3) is 10.0 Å². The zero-order valence-corrected chi connectivity index (χ0v) is 13.8. The Labute approximate surface area is 136 Å². The molecule has 0 fully saturated rings. The summed E-state index contributed by atoms with van der Waals surface area (Å²) in [5.41, 5.74) is 1.40. The van der Waals surface area contributed by atoms with E-state index in [4.69, 9.17) is 5.11 Å². The average Bonchev–Trinajstić information content (AvgIpc) is 2.47. The standard InChI is InChI=1S/C17H19NO4S/c1-13-8-10-16(11-9-13)23(21,22)18(14(2)12-17(19)20)15-6-4-3-5-7-15/h3-11,14H,12H2,1-2H3,(H,19,20)/t14-/m1/s1. The zero-order valence-electron chi connectivity index (χ0n) is 13.0. The van der Waals surface area contributed by atoms with Crippen LogP contribution in [0, 0.1) is 6.92 Å². The summed E-state index contributed by atoms with van der Waals surface area (Å²) >= 11 is 0. The van der Waals surface area contributed by atoms with E-state index in [1.807, 2.05) is 6.92 Å². The lowest BCUT2D eigenvalue weighted by Crippen LogP contribution is -2.40. The number of rotatable bonds is 6. The number of sulfonamides is 1. The second-order valence-corrected chi connectivity index (χ2v) is 7.21. The van der Waals surface area contributed by atoms with Gasteiger partial charge in [-0.15, -0.1) is 0 Å². The Kier molecular flexibility index (Phi) is 5.05. The molecule has 1 atom stereocenters. The van der Waals surface area contributed by atoms with Crippen molar-refractivity contribution in [1.82, 2.24) is 0 Å². The molecule has 6 heteroatoms. The summed E-state index contributed by atoms with van der Waals surface area (Å²) in [5, 5.41) is 9.03. The summed E-state index contributed by atoms with van der Waals surface area (Å²) in [7, 11) is -3.85. The third-order valence-corrected chi connectivity index (χ3v) is 5.42. The minimum absolute atomic E-state index is 0.143. The number of nitrogens with zero attached hydrogens (tertiary/aromatic N) is 1. The van der Waals surface area contributed by atoms with Crippen LogP contribution in [0.1, 0.15) is 18.9 Å². The topological polar surface area (TPSA) is 74.7 Å². The molecule has 1 N–H and O–H groups in total. The molecule has 2 aromatic rings. The van der Waals surface area contributed by atoms with Gasteiger partial charge in [-0.05, 0) is 38.1 Å². The van der Waals surface area contributed by atoms with Gasteiger partial charge in [-0.2, -0.15) is 0 Å². The summed E-state index contributed by atoms with van der Waals surface area (Å²) in [6.45, 7) is 3.46. The summed E-state index contributed by atoms with van der Waals surface area (Å²) in [6.07, 6.45) is -0.278. The van der Waals surface area contributed by atoms with E-state index in [1.165, 1.54) is 16.4 Å². The molecule has 0 heterocycles. The van der Waals surface area contributed by atoms with Crippen LogP contribution in [0.25, 0.3) is 0 Å². The van der Waals surface area contributed by atoms with Crippen LogP contribution in [0.15, 0.2) is 59.5 Å². The first-order valence-corrected chi connectivity index (χ1v) is 8.64. The molecule has 0 saturated carbocycles. The van der Waals surface area contributed by atoms with E-state index >= 15 is 0 Å². The smallest absolute Gasteiger partial charge is 0.305 e.